The van der Waals surface area contributed by atoms with Crippen molar-refractivity contribution in [3.8, 4) is 0 Å². The van der Waals surface area contributed by atoms with Gasteiger partial charge in [-0.3, -0.25) is 0 Å². The van der Waals surface area contributed by atoms with Crippen molar-refractivity contribution in [2.24, 2.45) is 12.0 Å². The predicted octanol–water partition coefficient (Wildman–Crippen LogP) is 3.60. The molecule has 2 aromatic rings. The summed E-state index contributed by atoms with van der Waals surface area (Å²) in [7, 11) is 1.99. The van der Waals surface area contributed by atoms with Gasteiger partial charge in [0, 0.05) is 19.6 Å². The first-order chi connectivity index (χ1) is 13.5. The number of aryl methyl sites for hydroxylation is 2. The summed E-state index contributed by atoms with van der Waals surface area (Å²) in [4.78, 5) is 4.81. The van der Waals surface area contributed by atoms with E-state index in [4.69, 9.17) is 4.99 Å². The van der Waals surface area contributed by atoms with E-state index in [1.807, 2.05) is 18.5 Å². The van der Waals surface area contributed by atoms with Crippen LogP contribution in [0.1, 0.15) is 67.7 Å². The first-order valence-corrected chi connectivity index (χ1v) is 10.5. The van der Waals surface area contributed by atoms with Crippen LogP contribution in [0.5, 0.6) is 0 Å². The first kappa shape index (κ1) is 20.4. The SMILES string of the molecule is Cc1ccc(C(C)CNC(=NCc2nnc(C)n2C)NC2CCCCC2)cc1. The zero-order valence-corrected chi connectivity index (χ0v) is 17.7. The molecule has 0 amide bonds. The van der Waals surface area contributed by atoms with E-state index >= 15 is 0 Å². The van der Waals surface area contributed by atoms with E-state index in [2.05, 4.69) is 58.9 Å². The third kappa shape index (κ3) is 5.57. The van der Waals surface area contributed by atoms with Crippen LogP contribution in [0.4, 0.5) is 0 Å². The molecule has 152 valence electrons. The van der Waals surface area contributed by atoms with Gasteiger partial charge in [-0.15, -0.1) is 10.2 Å². The lowest BCUT2D eigenvalue weighted by molar-refractivity contribution is 0.409. The van der Waals surface area contributed by atoms with Crippen LogP contribution in [-0.4, -0.2) is 33.3 Å². The molecule has 1 aliphatic carbocycles. The Morgan fingerprint density at radius 2 is 1.86 bits per heavy atom. The highest BCUT2D eigenvalue weighted by Gasteiger charge is 2.16. The molecule has 1 unspecified atom stereocenters. The van der Waals surface area contributed by atoms with Crippen molar-refractivity contribution in [2.75, 3.05) is 6.54 Å². The van der Waals surface area contributed by atoms with Crippen molar-refractivity contribution in [1.82, 2.24) is 25.4 Å². The van der Waals surface area contributed by atoms with Gasteiger partial charge in [-0.1, -0.05) is 56.0 Å². The summed E-state index contributed by atoms with van der Waals surface area (Å²) in [5.41, 5.74) is 2.64. The molecule has 1 heterocycles. The molecule has 6 heteroatoms. The minimum atomic E-state index is 0.413. The topological polar surface area (TPSA) is 67.1 Å². The summed E-state index contributed by atoms with van der Waals surface area (Å²) in [6.45, 7) is 7.71. The summed E-state index contributed by atoms with van der Waals surface area (Å²) >= 11 is 0. The average Bonchev–Trinajstić information content (AvgIpc) is 3.03. The molecule has 0 bridgehead atoms. The van der Waals surface area contributed by atoms with Crippen molar-refractivity contribution >= 4 is 5.96 Å². The van der Waals surface area contributed by atoms with Crippen molar-refractivity contribution in [2.45, 2.75) is 71.4 Å². The van der Waals surface area contributed by atoms with E-state index in [-0.39, 0.29) is 0 Å². The molecule has 1 aromatic heterocycles. The Morgan fingerprint density at radius 1 is 1.14 bits per heavy atom. The van der Waals surface area contributed by atoms with Crippen LogP contribution in [0, 0.1) is 13.8 Å². The maximum Gasteiger partial charge on any atom is 0.191 e. The molecule has 28 heavy (non-hydrogen) atoms. The van der Waals surface area contributed by atoms with Gasteiger partial charge in [0.1, 0.15) is 12.4 Å². The van der Waals surface area contributed by atoms with Crippen molar-refractivity contribution in [3.63, 3.8) is 0 Å². The summed E-state index contributed by atoms with van der Waals surface area (Å²) in [5, 5.41) is 15.6. The number of nitrogens with one attached hydrogen (secondary N) is 2. The molecule has 2 N–H and O–H groups in total. The van der Waals surface area contributed by atoms with Gasteiger partial charge in [0.25, 0.3) is 0 Å². The number of nitrogens with zero attached hydrogens (tertiary/aromatic N) is 4. The minimum Gasteiger partial charge on any atom is -0.356 e. The van der Waals surface area contributed by atoms with Crippen LogP contribution in [0.25, 0.3) is 0 Å². The van der Waals surface area contributed by atoms with Crippen LogP contribution < -0.4 is 10.6 Å². The van der Waals surface area contributed by atoms with Crippen molar-refractivity contribution < 1.29 is 0 Å². The number of benzene rings is 1. The number of aliphatic imine (C=N–C) groups is 1. The lowest BCUT2D eigenvalue weighted by atomic mass is 9.96. The van der Waals surface area contributed by atoms with Gasteiger partial charge in [0.05, 0.1) is 0 Å². The molecule has 1 aliphatic rings. The van der Waals surface area contributed by atoms with Crippen LogP contribution in [-0.2, 0) is 13.6 Å². The van der Waals surface area contributed by atoms with Crippen LogP contribution in [0.2, 0.25) is 0 Å². The molecule has 1 aromatic carbocycles. The number of hydrogen-bond acceptors (Lipinski definition) is 3. The van der Waals surface area contributed by atoms with Gasteiger partial charge in [-0.25, -0.2) is 4.99 Å². The van der Waals surface area contributed by atoms with Gasteiger partial charge in [-0.2, -0.15) is 0 Å². The van der Waals surface area contributed by atoms with Crippen molar-refractivity contribution in [1.29, 1.82) is 0 Å². The lowest BCUT2D eigenvalue weighted by Crippen LogP contribution is -2.45. The fraction of sp³-hybridized carbons (Fsp3) is 0.591. The molecule has 3 rings (SSSR count). The van der Waals surface area contributed by atoms with E-state index in [1.165, 1.54) is 43.2 Å². The van der Waals surface area contributed by atoms with Gasteiger partial charge in [0.2, 0.25) is 0 Å². The van der Waals surface area contributed by atoms with Crippen LogP contribution in [0.15, 0.2) is 29.3 Å². The van der Waals surface area contributed by atoms with Crippen molar-refractivity contribution in [3.05, 3.63) is 47.0 Å². The second-order valence-electron chi connectivity index (χ2n) is 8.06. The smallest absolute Gasteiger partial charge is 0.191 e. The fourth-order valence-electron chi connectivity index (χ4n) is 3.59. The van der Waals surface area contributed by atoms with E-state index in [0.717, 1.165) is 24.2 Å². The highest BCUT2D eigenvalue weighted by atomic mass is 15.3. The Kier molecular flexibility index (Phi) is 7.06. The number of guanidine groups is 1. The van der Waals surface area contributed by atoms with Gasteiger partial charge >= 0.3 is 0 Å². The van der Waals surface area contributed by atoms with E-state index < -0.39 is 0 Å². The maximum atomic E-state index is 4.81. The largest absolute Gasteiger partial charge is 0.356 e. The third-order valence-electron chi connectivity index (χ3n) is 5.73. The summed E-state index contributed by atoms with van der Waals surface area (Å²) in [6, 6.07) is 9.30. The Labute approximate surface area is 168 Å². The van der Waals surface area contributed by atoms with E-state index in [0.29, 0.717) is 18.5 Å². The van der Waals surface area contributed by atoms with Gasteiger partial charge < -0.3 is 15.2 Å². The molecule has 0 aliphatic heterocycles. The number of rotatable bonds is 6. The molecular formula is C22H34N6. The lowest BCUT2D eigenvalue weighted by Gasteiger charge is -2.26. The molecule has 1 saturated carbocycles. The Balaban J connectivity index is 1.65. The number of hydrogen-bond donors (Lipinski definition) is 2. The Morgan fingerprint density at radius 3 is 2.50 bits per heavy atom. The van der Waals surface area contributed by atoms with E-state index in [9.17, 15) is 0 Å². The minimum absolute atomic E-state index is 0.413. The fourth-order valence-corrected chi connectivity index (χ4v) is 3.59. The zero-order chi connectivity index (χ0) is 19.9. The molecule has 0 saturated heterocycles. The quantitative estimate of drug-likeness (QED) is 0.592. The third-order valence-corrected chi connectivity index (χ3v) is 5.73. The predicted molar refractivity (Wildman–Crippen MR) is 114 cm³/mol. The molecule has 1 fully saturated rings. The molecule has 1 atom stereocenters. The van der Waals surface area contributed by atoms with Crippen LogP contribution in [0.3, 0.4) is 0 Å². The summed E-state index contributed by atoms with van der Waals surface area (Å²) < 4.78 is 2.00. The van der Waals surface area contributed by atoms with E-state index in [1.54, 1.807) is 0 Å². The summed E-state index contributed by atoms with van der Waals surface area (Å²) in [5.74, 6) is 3.09. The molecule has 0 spiro atoms. The molecule has 6 nitrogen and oxygen atoms in total. The standard InChI is InChI=1S/C22H34N6/c1-16-10-12-19(13-11-16)17(2)14-23-22(25-20-8-6-5-7-9-20)24-15-21-27-26-18(3)28(21)4/h10-13,17,20H,5-9,14-15H2,1-4H3,(H2,23,24,25). The highest BCUT2D eigenvalue weighted by Crippen LogP contribution is 2.18. The number of aromatic nitrogens is 3. The monoisotopic (exact) mass is 382 g/mol. The van der Waals surface area contributed by atoms with Crippen LogP contribution >= 0.6 is 0 Å². The zero-order valence-electron chi connectivity index (χ0n) is 17.7. The second kappa shape index (κ2) is 9.71. The Bertz CT molecular complexity index is 771. The van der Waals surface area contributed by atoms with Gasteiger partial charge in [-0.05, 0) is 38.2 Å². The Hall–Kier alpha value is -2.37. The summed E-state index contributed by atoms with van der Waals surface area (Å²) in [6.07, 6.45) is 6.38. The first-order valence-electron chi connectivity index (χ1n) is 10.5. The molecular weight excluding hydrogens is 348 g/mol. The molecule has 0 radical (unpaired) electrons. The normalized spacial score (nSPS) is 16.8. The average molecular weight is 383 g/mol. The van der Waals surface area contributed by atoms with Gasteiger partial charge in [0.15, 0.2) is 11.8 Å². The second-order valence-corrected chi connectivity index (χ2v) is 8.06. The maximum absolute atomic E-state index is 4.81. The highest BCUT2D eigenvalue weighted by molar-refractivity contribution is 5.80.